The largest absolute Gasteiger partial charge is 0.480 e. The predicted molar refractivity (Wildman–Crippen MR) is 60.2 cm³/mol. The molecule has 1 aliphatic carbocycles. The molecule has 1 atom stereocenters. The number of carbonyl (C=O) groups excluding carboxylic acids is 1. The Balaban J connectivity index is 2.49. The molecule has 6 heteroatoms. The van der Waals surface area contributed by atoms with Gasteiger partial charge in [0.25, 0.3) is 0 Å². The molecule has 0 aromatic heterocycles. The van der Waals surface area contributed by atoms with Crippen molar-refractivity contribution in [2.24, 2.45) is 5.92 Å². The normalized spacial score (nSPS) is 15.8. The molecular weight excluding hydrogens is 222 g/mol. The number of nitrogens with zero attached hydrogens (tertiary/aromatic N) is 2. The van der Waals surface area contributed by atoms with Gasteiger partial charge in [0, 0.05) is 13.1 Å². The molecule has 0 saturated heterocycles. The Morgan fingerprint density at radius 1 is 1.59 bits per heavy atom. The third-order valence-corrected chi connectivity index (χ3v) is 2.80. The molecule has 17 heavy (non-hydrogen) atoms. The van der Waals surface area contributed by atoms with Gasteiger partial charge in [0.05, 0.1) is 12.5 Å². The maximum Gasteiger partial charge on any atom is 0.326 e. The molecule has 0 heterocycles. The number of amides is 2. The van der Waals surface area contributed by atoms with E-state index < -0.39 is 18.0 Å². The van der Waals surface area contributed by atoms with Crippen LogP contribution < -0.4 is 5.32 Å². The molecule has 1 fully saturated rings. The van der Waals surface area contributed by atoms with Crippen LogP contribution in [0.25, 0.3) is 0 Å². The minimum atomic E-state index is -0.989. The number of nitriles is 1. The molecule has 1 aliphatic rings. The summed E-state index contributed by atoms with van der Waals surface area (Å²) in [4.78, 5) is 24.2. The van der Waals surface area contributed by atoms with Gasteiger partial charge in [-0.15, -0.1) is 0 Å². The fraction of sp³-hybridized carbons (Fsp3) is 0.727. The SMILES string of the molecule is CCN(CCC#N)C(=O)NC(C(=O)O)C1CC1. The van der Waals surface area contributed by atoms with Gasteiger partial charge in [0.1, 0.15) is 6.04 Å². The Bertz CT molecular complexity index is 333. The summed E-state index contributed by atoms with van der Waals surface area (Å²) < 4.78 is 0. The van der Waals surface area contributed by atoms with Gasteiger partial charge >= 0.3 is 12.0 Å². The zero-order chi connectivity index (χ0) is 12.8. The third kappa shape index (κ3) is 3.94. The topological polar surface area (TPSA) is 93.4 Å². The molecule has 1 saturated carbocycles. The lowest BCUT2D eigenvalue weighted by Crippen LogP contribution is -2.49. The van der Waals surface area contributed by atoms with Crippen LogP contribution in [-0.4, -0.2) is 41.1 Å². The first-order valence-corrected chi connectivity index (χ1v) is 5.75. The molecule has 0 spiro atoms. The van der Waals surface area contributed by atoms with Crippen molar-refractivity contribution < 1.29 is 14.7 Å². The van der Waals surface area contributed by atoms with E-state index in [0.29, 0.717) is 13.1 Å². The number of aliphatic carboxylic acids is 1. The lowest BCUT2D eigenvalue weighted by molar-refractivity contribution is -0.139. The van der Waals surface area contributed by atoms with Gasteiger partial charge in [-0.2, -0.15) is 5.26 Å². The lowest BCUT2D eigenvalue weighted by Gasteiger charge is -2.22. The van der Waals surface area contributed by atoms with Gasteiger partial charge in [0.15, 0.2) is 0 Å². The predicted octanol–water partition coefficient (Wildman–Crippen LogP) is 0.795. The summed E-state index contributed by atoms with van der Waals surface area (Å²) in [6.45, 7) is 2.59. The highest BCUT2D eigenvalue weighted by atomic mass is 16.4. The van der Waals surface area contributed by atoms with Crippen molar-refractivity contribution in [1.82, 2.24) is 10.2 Å². The second kappa shape index (κ2) is 6.09. The van der Waals surface area contributed by atoms with Gasteiger partial charge in [-0.3, -0.25) is 0 Å². The second-order valence-corrected chi connectivity index (χ2v) is 4.09. The summed E-state index contributed by atoms with van der Waals surface area (Å²) in [5, 5.41) is 20.0. The van der Waals surface area contributed by atoms with Gasteiger partial charge < -0.3 is 15.3 Å². The monoisotopic (exact) mass is 239 g/mol. The number of rotatable bonds is 6. The number of hydrogen-bond acceptors (Lipinski definition) is 3. The fourth-order valence-corrected chi connectivity index (χ4v) is 1.62. The number of carbonyl (C=O) groups is 2. The minimum absolute atomic E-state index is 0.0612. The molecule has 0 bridgehead atoms. The molecule has 6 nitrogen and oxygen atoms in total. The van der Waals surface area contributed by atoms with Gasteiger partial charge in [-0.05, 0) is 25.7 Å². The van der Waals surface area contributed by atoms with E-state index >= 15 is 0 Å². The molecule has 1 rings (SSSR count). The highest BCUT2D eigenvalue weighted by molar-refractivity contribution is 5.83. The molecule has 0 aromatic carbocycles. The maximum atomic E-state index is 11.8. The fourth-order valence-electron chi connectivity index (χ4n) is 1.62. The van der Waals surface area contributed by atoms with E-state index in [1.807, 2.05) is 6.07 Å². The van der Waals surface area contributed by atoms with E-state index in [9.17, 15) is 9.59 Å². The summed E-state index contributed by atoms with van der Waals surface area (Å²) in [6, 6.07) is 0.767. The summed E-state index contributed by atoms with van der Waals surface area (Å²) in [7, 11) is 0. The van der Waals surface area contributed by atoms with Crippen LogP contribution in [0.15, 0.2) is 0 Å². The summed E-state index contributed by atoms with van der Waals surface area (Å²) in [5.74, 6) is -0.927. The Morgan fingerprint density at radius 2 is 2.24 bits per heavy atom. The molecule has 2 N–H and O–H groups in total. The first-order chi connectivity index (χ1) is 8.10. The van der Waals surface area contributed by atoms with E-state index in [-0.39, 0.29) is 12.3 Å². The van der Waals surface area contributed by atoms with Gasteiger partial charge in [-0.25, -0.2) is 9.59 Å². The van der Waals surface area contributed by atoms with Crippen molar-refractivity contribution in [3.05, 3.63) is 0 Å². The maximum absolute atomic E-state index is 11.8. The van der Waals surface area contributed by atoms with Crippen LogP contribution in [0, 0.1) is 17.2 Å². The summed E-state index contributed by atoms with van der Waals surface area (Å²) in [6.07, 6.45) is 1.95. The zero-order valence-electron chi connectivity index (χ0n) is 9.85. The molecular formula is C11H17N3O3. The Hall–Kier alpha value is -1.77. The van der Waals surface area contributed by atoms with Crippen LogP contribution in [0.5, 0.6) is 0 Å². The van der Waals surface area contributed by atoms with Crippen molar-refractivity contribution in [3.63, 3.8) is 0 Å². The van der Waals surface area contributed by atoms with Crippen LogP contribution in [0.2, 0.25) is 0 Å². The first-order valence-electron chi connectivity index (χ1n) is 5.75. The lowest BCUT2D eigenvalue weighted by atomic mass is 10.2. The number of carboxylic acid groups (broad SMARTS) is 1. The number of hydrogen-bond donors (Lipinski definition) is 2. The molecule has 0 aromatic rings. The van der Waals surface area contributed by atoms with Crippen molar-refractivity contribution in [1.29, 1.82) is 5.26 Å². The Morgan fingerprint density at radius 3 is 2.65 bits per heavy atom. The van der Waals surface area contributed by atoms with Crippen molar-refractivity contribution in [2.75, 3.05) is 13.1 Å². The standard InChI is InChI=1S/C11H17N3O3/c1-2-14(7-3-6-12)11(17)13-9(10(15)16)8-4-5-8/h8-9H,2-5,7H2,1H3,(H,13,17)(H,15,16). The number of nitrogens with one attached hydrogen (secondary N) is 1. The van der Waals surface area contributed by atoms with E-state index in [4.69, 9.17) is 10.4 Å². The number of carboxylic acids is 1. The third-order valence-electron chi connectivity index (χ3n) is 2.80. The van der Waals surface area contributed by atoms with E-state index in [1.165, 1.54) is 4.90 Å². The van der Waals surface area contributed by atoms with Crippen LogP contribution >= 0.6 is 0 Å². The second-order valence-electron chi connectivity index (χ2n) is 4.09. The highest BCUT2D eigenvalue weighted by Crippen LogP contribution is 2.32. The van der Waals surface area contributed by atoms with Gasteiger partial charge in [-0.1, -0.05) is 0 Å². The Labute approximate surface area is 100 Å². The summed E-state index contributed by atoms with van der Waals surface area (Å²) >= 11 is 0. The van der Waals surface area contributed by atoms with Crippen LogP contribution in [0.4, 0.5) is 4.79 Å². The van der Waals surface area contributed by atoms with Crippen molar-refractivity contribution >= 4 is 12.0 Å². The average molecular weight is 239 g/mol. The van der Waals surface area contributed by atoms with Crippen LogP contribution in [0.1, 0.15) is 26.2 Å². The first kappa shape index (κ1) is 13.3. The van der Waals surface area contributed by atoms with Crippen LogP contribution in [0.3, 0.4) is 0 Å². The van der Waals surface area contributed by atoms with Crippen molar-refractivity contribution in [2.45, 2.75) is 32.2 Å². The molecule has 0 aliphatic heterocycles. The smallest absolute Gasteiger partial charge is 0.326 e. The zero-order valence-corrected chi connectivity index (χ0v) is 9.85. The quantitative estimate of drug-likeness (QED) is 0.716. The van der Waals surface area contributed by atoms with E-state index in [2.05, 4.69) is 5.32 Å². The molecule has 2 amide bonds. The molecule has 0 radical (unpaired) electrons. The summed E-state index contributed by atoms with van der Waals surface area (Å²) in [5.41, 5.74) is 0. The van der Waals surface area contributed by atoms with Crippen LogP contribution in [-0.2, 0) is 4.79 Å². The minimum Gasteiger partial charge on any atom is -0.480 e. The highest BCUT2D eigenvalue weighted by Gasteiger charge is 2.37. The van der Waals surface area contributed by atoms with E-state index in [1.54, 1.807) is 6.92 Å². The van der Waals surface area contributed by atoms with E-state index in [0.717, 1.165) is 12.8 Å². The molecule has 1 unspecified atom stereocenters. The molecule has 94 valence electrons. The number of urea groups is 1. The average Bonchev–Trinajstić information content (AvgIpc) is 3.10. The Kier molecular flexibility index (Phi) is 4.76. The van der Waals surface area contributed by atoms with Gasteiger partial charge in [0.2, 0.25) is 0 Å². The van der Waals surface area contributed by atoms with Crippen molar-refractivity contribution in [3.8, 4) is 6.07 Å².